The molecule has 0 saturated carbocycles. The van der Waals surface area contributed by atoms with Crippen LogP contribution in [0.5, 0.6) is 0 Å². The van der Waals surface area contributed by atoms with Gasteiger partial charge in [-0.05, 0) is 30.5 Å². The maximum absolute atomic E-state index is 10.0. The topological polar surface area (TPSA) is 79.9 Å². The predicted molar refractivity (Wildman–Crippen MR) is 82.6 cm³/mol. The quantitative estimate of drug-likeness (QED) is 0.561. The van der Waals surface area contributed by atoms with E-state index < -0.39 is 6.10 Å². The van der Waals surface area contributed by atoms with Gasteiger partial charge in [0.15, 0.2) is 5.96 Å². The molecule has 6 heteroatoms. The van der Waals surface area contributed by atoms with Crippen molar-refractivity contribution in [1.82, 2.24) is 5.32 Å². The van der Waals surface area contributed by atoms with E-state index in [9.17, 15) is 5.11 Å². The first-order valence-corrected chi connectivity index (χ1v) is 7.53. The lowest BCUT2D eigenvalue weighted by Crippen LogP contribution is -2.37. The smallest absolute Gasteiger partial charge is 0.188 e. The number of aliphatic imine (C=N–C) groups is 1. The summed E-state index contributed by atoms with van der Waals surface area (Å²) in [7, 11) is 0. The van der Waals surface area contributed by atoms with Crippen LogP contribution in [0.3, 0.4) is 0 Å². The maximum Gasteiger partial charge on any atom is 0.188 e. The van der Waals surface area contributed by atoms with Gasteiger partial charge in [0.25, 0.3) is 0 Å². The minimum Gasteiger partial charge on any atom is -0.386 e. The van der Waals surface area contributed by atoms with Gasteiger partial charge in [-0.25, -0.2) is 0 Å². The highest BCUT2D eigenvalue weighted by Gasteiger charge is 2.15. The fourth-order valence-corrected chi connectivity index (χ4v) is 2.50. The molecular formula is C14H20BrN3O2. The fraction of sp³-hybridized carbons (Fsp3) is 0.500. The Morgan fingerprint density at radius 3 is 3.15 bits per heavy atom. The van der Waals surface area contributed by atoms with Gasteiger partial charge in [-0.3, -0.25) is 4.99 Å². The first kappa shape index (κ1) is 15.3. The molecule has 0 amide bonds. The molecule has 0 spiro atoms. The summed E-state index contributed by atoms with van der Waals surface area (Å²) in [5.74, 6) is 0.342. The van der Waals surface area contributed by atoms with Gasteiger partial charge < -0.3 is 20.9 Å². The summed E-state index contributed by atoms with van der Waals surface area (Å²) in [6.07, 6.45) is 1.72. The summed E-state index contributed by atoms with van der Waals surface area (Å²) >= 11 is 3.38. The normalized spacial score (nSPS) is 20.9. The van der Waals surface area contributed by atoms with Crippen molar-refractivity contribution in [3.63, 3.8) is 0 Å². The summed E-state index contributed by atoms with van der Waals surface area (Å²) in [5, 5.41) is 13.1. The van der Waals surface area contributed by atoms with Crippen LogP contribution in [0.4, 0.5) is 0 Å². The molecule has 1 aromatic carbocycles. The average Bonchev–Trinajstić information content (AvgIpc) is 2.95. The minimum absolute atomic E-state index is 0.221. The molecule has 4 N–H and O–H groups in total. The van der Waals surface area contributed by atoms with E-state index in [1.165, 1.54) is 0 Å². The lowest BCUT2D eigenvalue weighted by Gasteiger charge is -2.12. The van der Waals surface area contributed by atoms with Gasteiger partial charge in [0.2, 0.25) is 0 Å². The van der Waals surface area contributed by atoms with Crippen LogP contribution in [-0.4, -0.2) is 36.9 Å². The Kier molecular flexibility index (Phi) is 5.82. The Balaban J connectivity index is 1.78. The first-order chi connectivity index (χ1) is 9.65. The Bertz CT molecular complexity index is 461. The molecule has 2 rings (SSSR count). The third-order valence-corrected chi connectivity index (χ3v) is 3.70. The number of aliphatic hydroxyl groups is 1. The van der Waals surface area contributed by atoms with Crippen molar-refractivity contribution < 1.29 is 9.84 Å². The average molecular weight is 342 g/mol. The maximum atomic E-state index is 10.0. The second kappa shape index (κ2) is 7.61. The molecule has 20 heavy (non-hydrogen) atoms. The standard InChI is InChI=1S/C14H20BrN3O2/c15-11-4-1-3-10(7-11)13(19)9-18-14(16)17-8-12-5-2-6-20-12/h1,3-4,7,12-13,19H,2,5-6,8-9H2,(H3,16,17,18)/t12?,13-/m0/s1. The van der Waals surface area contributed by atoms with Gasteiger partial charge in [0.1, 0.15) is 0 Å². The Hall–Kier alpha value is -1.11. The van der Waals surface area contributed by atoms with Crippen LogP contribution in [0.25, 0.3) is 0 Å². The van der Waals surface area contributed by atoms with Gasteiger partial charge in [0, 0.05) is 17.6 Å². The predicted octanol–water partition coefficient (Wildman–Crippen LogP) is 1.57. The van der Waals surface area contributed by atoms with Crippen LogP contribution in [-0.2, 0) is 4.74 Å². The molecule has 1 saturated heterocycles. The van der Waals surface area contributed by atoms with Crippen LogP contribution >= 0.6 is 15.9 Å². The van der Waals surface area contributed by atoms with E-state index >= 15 is 0 Å². The number of nitrogens with two attached hydrogens (primary N) is 1. The highest BCUT2D eigenvalue weighted by atomic mass is 79.9. The van der Waals surface area contributed by atoms with Gasteiger partial charge in [-0.1, -0.05) is 28.1 Å². The molecule has 1 aliphatic heterocycles. The van der Waals surface area contributed by atoms with E-state index in [4.69, 9.17) is 10.5 Å². The number of nitrogens with zero attached hydrogens (tertiary/aromatic N) is 1. The SMILES string of the molecule is NC(=NC[C@H](O)c1cccc(Br)c1)NCC1CCCO1. The van der Waals surface area contributed by atoms with Crippen molar-refractivity contribution >= 4 is 21.9 Å². The third kappa shape index (κ3) is 4.77. The van der Waals surface area contributed by atoms with Gasteiger partial charge in [0.05, 0.1) is 18.8 Å². The second-order valence-electron chi connectivity index (χ2n) is 4.81. The summed E-state index contributed by atoms with van der Waals surface area (Å²) in [4.78, 5) is 4.15. The highest BCUT2D eigenvalue weighted by Crippen LogP contribution is 2.18. The number of guanidine groups is 1. The van der Waals surface area contributed by atoms with E-state index in [1.807, 2.05) is 24.3 Å². The molecule has 1 fully saturated rings. The van der Waals surface area contributed by atoms with Gasteiger partial charge >= 0.3 is 0 Å². The number of hydrogen-bond donors (Lipinski definition) is 3. The van der Waals surface area contributed by atoms with Crippen LogP contribution < -0.4 is 11.1 Å². The Labute approximate surface area is 127 Å². The van der Waals surface area contributed by atoms with Crippen LogP contribution in [0, 0.1) is 0 Å². The van der Waals surface area contributed by atoms with Crippen molar-refractivity contribution in [2.24, 2.45) is 10.7 Å². The summed E-state index contributed by atoms with van der Waals surface area (Å²) in [6, 6.07) is 7.53. The van der Waals surface area contributed by atoms with Crippen LogP contribution in [0.2, 0.25) is 0 Å². The number of benzene rings is 1. The van der Waals surface area contributed by atoms with Crippen molar-refractivity contribution in [3.8, 4) is 0 Å². The molecule has 1 heterocycles. The van der Waals surface area contributed by atoms with Gasteiger partial charge in [-0.15, -0.1) is 0 Å². The van der Waals surface area contributed by atoms with Crippen molar-refractivity contribution in [2.45, 2.75) is 25.0 Å². The molecule has 0 radical (unpaired) electrons. The summed E-state index contributed by atoms with van der Waals surface area (Å²) in [5.41, 5.74) is 6.59. The number of ether oxygens (including phenoxy) is 1. The molecule has 0 aliphatic carbocycles. The molecule has 5 nitrogen and oxygen atoms in total. The lowest BCUT2D eigenvalue weighted by atomic mass is 10.1. The number of nitrogens with one attached hydrogen (secondary N) is 1. The monoisotopic (exact) mass is 341 g/mol. The Morgan fingerprint density at radius 2 is 2.45 bits per heavy atom. The first-order valence-electron chi connectivity index (χ1n) is 6.74. The molecule has 2 atom stereocenters. The lowest BCUT2D eigenvalue weighted by molar-refractivity contribution is 0.114. The van der Waals surface area contributed by atoms with Crippen molar-refractivity contribution in [2.75, 3.05) is 19.7 Å². The molecule has 1 aromatic rings. The van der Waals surface area contributed by atoms with E-state index in [2.05, 4.69) is 26.2 Å². The van der Waals surface area contributed by atoms with Gasteiger partial charge in [-0.2, -0.15) is 0 Å². The zero-order valence-electron chi connectivity index (χ0n) is 11.3. The molecule has 110 valence electrons. The number of aliphatic hydroxyl groups excluding tert-OH is 1. The zero-order chi connectivity index (χ0) is 14.4. The second-order valence-corrected chi connectivity index (χ2v) is 5.73. The van der Waals surface area contributed by atoms with Crippen molar-refractivity contribution in [1.29, 1.82) is 0 Å². The molecule has 1 aliphatic rings. The van der Waals surface area contributed by atoms with E-state index in [-0.39, 0.29) is 12.6 Å². The minimum atomic E-state index is -0.657. The van der Waals surface area contributed by atoms with E-state index in [1.54, 1.807) is 0 Å². The molecular weight excluding hydrogens is 322 g/mol. The largest absolute Gasteiger partial charge is 0.386 e. The van der Waals surface area contributed by atoms with Crippen LogP contribution in [0.1, 0.15) is 24.5 Å². The number of hydrogen-bond acceptors (Lipinski definition) is 3. The summed E-state index contributed by atoms with van der Waals surface area (Å²) in [6.45, 7) is 1.73. The summed E-state index contributed by atoms with van der Waals surface area (Å²) < 4.78 is 6.42. The van der Waals surface area contributed by atoms with Crippen molar-refractivity contribution in [3.05, 3.63) is 34.3 Å². The molecule has 1 unspecified atom stereocenters. The van der Waals surface area contributed by atoms with E-state index in [0.29, 0.717) is 12.5 Å². The zero-order valence-corrected chi connectivity index (χ0v) is 12.8. The highest BCUT2D eigenvalue weighted by molar-refractivity contribution is 9.10. The third-order valence-electron chi connectivity index (χ3n) is 3.20. The molecule has 0 bridgehead atoms. The number of halogens is 1. The fourth-order valence-electron chi connectivity index (χ4n) is 2.08. The molecule has 0 aromatic heterocycles. The van der Waals surface area contributed by atoms with Crippen LogP contribution in [0.15, 0.2) is 33.7 Å². The Morgan fingerprint density at radius 1 is 1.60 bits per heavy atom. The van der Waals surface area contributed by atoms with E-state index in [0.717, 1.165) is 29.5 Å². The number of rotatable bonds is 5.